The topological polar surface area (TPSA) is 76.4 Å². The van der Waals surface area contributed by atoms with Gasteiger partial charge in [0.2, 0.25) is 11.7 Å². The molecular formula is C23H28N6O2. The summed E-state index contributed by atoms with van der Waals surface area (Å²) in [4.78, 5) is 18.2. The zero-order valence-electron chi connectivity index (χ0n) is 18.2. The number of hydrogen-bond acceptors (Lipinski definition) is 6. The second-order valence-electron chi connectivity index (χ2n) is 7.99. The summed E-state index contributed by atoms with van der Waals surface area (Å²) in [5, 5.41) is 12.6. The first-order chi connectivity index (χ1) is 15.0. The summed E-state index contributed by atoms with van der Waals surface area (Å²) in [6.45, 7) is 7.33. The van der Waals surface area contributed by atoms with Crippen molar-refractivity contribution in [3.05, 3.63) is 54.1 Å². The quantitative estimate of drug-likeness (QED) is 0.610. The Morgan fingerprint density at radius 2 is 1.68 bits per heavy atom. The number of rotatable bonds is 6. The molecule has 1 aromatic heterocycles. The van der Waals surface area contributed by atoms with E-state index in [1.807, 2.05) is 41.3 Å². The summed E-state index contributed by atoms with van der Waals surface area (Å²) in [5.41, 5.74) is 3.30. The average Bonchev–Trinajstić information content (AvgIpc) is 3.27. The maximum atomic E-state index is 12.7. The lowest BCUT2D eigenvalue weighted by atomic mass is 10.0. The minimum absolute atomic E-state index is 0.00786. The van der Waals surface area contributed by atoms with E-state index in [0.717, 1.165) is 30.1 Å². The predicted octanol–water partition coefficient (Wildman–Crippen LogP) is 2.82. The van der Waals surface area contributed by atoms with Crippen molar-refractivity contribution in [1.82, 2.24) is 25.1 Å². The van der Waals surface area contributed by atoms with Gasteiger partial charge in [0.15, 0.2) is 0 Å². The van der Waals surface area contributed by atoms with Gasteiger partial charge in [0.25, 0.3) is 0 Å². The molecule has 1 aliphatic rings. The molecule has 1 amide bonds. The summed E-state index contributed by atoms with van der Waals surface area (Å²) >= 11 is 0. The predicted molar refractivity (Wildman–Crippen MR) is 119 cm³/mol. The highest BCUT2D eigenvalue weighted by Crippen LogP contribution is 2.21. The van der Waals surface area contributed by atoms with Gasteiger partial charge in [0.05, 0.1) is 7.11 Å². The Bertz CT molecular complexity index is 1010. The molecule has 0 aliphatic carbocycles. The fourth-order valence-electron chi connectivity index (χ4n) is 3.67. The number of methoxy groups -OCH3 is 1. The Morgan fingerprint density at radius 3 is 2.29 bits per heavy atom. The average molecular weight is 421 g/mol. The third-order valence-electron chi connectivity index (χ3n) is 5.64. The molecule has 0 saturated carbocycles. The van der Waals surface area contributed by atoms with Crippen LogP contribution in [0.2, 0.25) is 0 Å². The smallest absolute Gasteiger partial charge is 0.246 e. The Morgan fingerprint density at radius 1 is 1.00 bits per heavy atom. The van der Waals surface area contributed by atoms with Gasteiger partial charge in [-0.2, -0.15) is 4.80 Å². The molecule has 2 heterocycles. The van der Waals surface area contributed by atoms with Gasteiger partial charge >= 0.3 is 0 Å². The van der Waals surface area contributed by atoms with Gasteiger partial charge in [-0.15, -0.1) is 10.2 Å². The van der Waals surface area contributed by atoms with E-state index in [-0.39, 0.29) is 12.5 Å². The van der Waals surface area contributed by atoms with Crippen LogP contribution in [0.4, 0.5) is 5.69 Å². The first-order valence-electron chi connectivity index (χ1n) is 10.6. The fourth-order valence-corrected chi connectivity index (χ4v) is 3.67. The molecule has 0 spiro atoms. The molecular weight excluding hydrogens is 392 g/mol. The van der Waals surface area contributed by atoms with Crippen LogP contribution < -0.4 is 9.64 Å². The van der Waals surface area contributed by atoms with Gasteiger partial charge in [0.1, 0.15) is 12.3 Å². The second kappa shape index (κ2) is 9.16. The SMILES string of the molecule is COc1ccc(N2CCN(C(=O)Cn3nnc(-c4ccc(C(C)C)cc4)n3)CC2)cc1. The standard InChI is InChI=1S/C23H28N6O2/c1-17(2)18-4-6-19(7-5-18)23-24-26-29(25-23)16-22(30)28-14-12-27(13-15-28)20-8-10-21(31-3)11-9-20/h4-11,17H,12-16H2,1-3H3. The number of nitrogens with zero attached hydrogens (tertiary/aromatic N) is 6. The van der Waals surface area contributed by atoms with Crippen molar-refractivity contribution in [1.29, 1.82) is 0 Å². The zero-order chi connectivity index (χ0) is 21.8. The normalized spacial score (nSPS) is 14.2. The third kappa shape index (κ3) is 4.84. The number of anilines is 1. The number of carbonyl (C=O) groups excluding carboxylic acids is 1. The van der Waals surface area contributed by atoms with Crippen LogP contribution >= 0.6 is 0 Å². The number of benzene rings is 2. The first-order valence-corrected chi connectivity index (χ1v) is 10.6. The molecule has 2 aromatic carbocycles. The van der Waals surface area contributed by atoms with Gasteiger partial charge in [0, 0.05) is 37.4 Å². The lowest BCUT2D eigenvalue weighted by molar-refractivity contribution is -0.132. The summed E-state index contributed by atoms with van der Waals surface area (Å²) in [6, 6.07) is 16.2. The number of hydrogen-bond donors (Lipinski definition) is 0. The number of tetrazole rings is 1. The van der Waals surface area contributed by atoms with Crippen LogP contribution in [0.15, 0.2) is 48.5 Å². The number of aromatic nitrogens is 4. The van der Waals surface area contributed by atoms with Gasteiger partial charge in [-0.25, -0.2) is 0 Å². The third-order valence-corrected chi connectivity index (χ3v) is 5.64. The molecule has 0 N–H and O–H groups in total. The van der Waals surface area contributed by atoms with E-state index in [1.165, 1.54) is 10.4 Å². The van der Waals surface area contributed by atoms with Crippen molar-refractivity contribution in [2.45, 2.75) is 26.3 Å². The number of amides is 1. The molecule has 8 heteroatoms. The van der Waals surface area contributed by atoms with Crippen molar-refractivity contribution in [3.63, 3.8) is 0 Å². The Hall–Kier alpha value is -3.42. The number of carbonyl (C=O) groups is 1. The molecule has 1 fully saturated rings. The second-order valence-corrected chi connectivity index (χ2v) is 7.99. The molecule has 0 unspecified atom stereocenters. The molecule has 8 nitrogen and oxygen atoms in total. The lowest BCUT2D eigenvalue weighted by Gasteiger charge is -2.36. The van der Waals surface area contributed by atoms with Crippen LogP contribution in [0.5, 0.6) is 5.75 Å². The van der Waals surface area contributed by atoms with Crippen molar-refractivity contribution in [2.24, 2.45) is 0 Å². The van der Waals surface area contributed by atoms with E-state index >= 15 is 0 Å². The highest BCUT2D eigenvalue weighted by Gasteiger charge is 2.22. The molecule has 3 aromatic rings. The molecule has 0 bridgehead atoms. The summed E-state index contributed by atoms with van der Waals surface area (Å²) in [6.07, 6.45) is 0. The zero-order valence-corrected chi connectivity index (χ0v) is 18.2. The minimum Gasteiger partial charge on any atom is -0.497 e. The van der Waals surface area contributed by atoms with Gasteiger partial charge in [-0.3, -0.25) is 4.79 Å². The van der Waals surface area contributed by atoms with Crippen molar-refractivity contribution < 1.29 is 9.53 Å². The monoisotopic (exact) mass is 420 g/mol. The summed E-state index contributed by atoms with van der Waals surface area (Å²) in [7, 11) is 1.66. The molecule has 162 valence electrons. The molecule has 1 aliphatic heterocycles. The van der Waals surface area contributed by atoms with Crippen LogP contribution in [0.3, 0.4) is 0 Å². The summed E-state index contributed by atoms with van der Waals surface area (Å²) in [5.74, 6) is 1.86. The Kier molecular flexibility index (Phi) is 6.16. The fraction of sp³-hybridized carbons (Fsp3) is 0.391. The maximum Gasteiger partial charge on any atom is 0.246 e. The maximum absolute atomic E-state index is 12.7. The molecule has 0 atom stereocenters. The van der Waals surface area contributed by atoms with Crippen LogP contribution in [0, 0.1) is 0 Å². The van der Waals surface area contributed by atoms with Crippen LogP contribution in [-0.4, -0.2) is 64.3 Å². The number of piperazine rings is 1. The van der Waals surface area contributed by atoms with E-state index < -0.39 is 0 Å². The van der Waals surface area contributed by atoms with Crippen molar-refractivity contribution in [2.75, 3.05) is 38.2 Å². The highest BCUT2D eigenvalue weighted by molar-refractivity contribution is 5.76. The van der Waals surface area contributed by atoms with Gasteiger partial charge in [-0.05, 0) is 41.0 Å². The highest BCUT2D eigenvalue weighted by atomic mass is 16.5. The van der Waals surface area contributed by atoms with Crippen LogP contribution in [0.1, 0.15) is 25.3 Å². The molecule has 0 radical (unpaired) electrons. The van der Waals surface area contributed by atoms with E-state index in [0.29, 0.717) is 24.8 Å². The lowest BCUT2D eigenvalue weighted by Crippen LogP contribution is -2.49. The van der Waals surface area contributed by atoms with Crippen molar-refractivity contribution >= 4 is 11.6 Å². The van der Waals surface area contributed by atoms with E-state index in [4.69, 9.17) is 4.74 Å². The summed E-state index contributed by atoms with van der Waals surface area (Å²) < 4.78 is 5.22. The van der Waals surface area contributed by atoms with Gasteiger partial charge < -0.3 is 14.5 Å². The van der Waals surface area contributed by atoms with E-state index in [1.54, 1.807) is 7.11 Å². The molecule has 1 saturated heterocycles. The minimum atomic E-state index is 0.00786. The van der Waals surface area contributed by atoms with Gasteiger partial charge in [-0.1, -0.05) is 38.1 Å². The van der Waals surface area contributed by atoms with Crippen LogP contribution in [-0.2, 0) is 11.3 Å². The largest absolute Gasteiger partial charge is 0.497 e. The van der Waals surface area contributed by atoms with Crippen LogP contribution in [0.25, 0.3) is 11.4 Å². The molecule has 31 heavy (non-hydrogen) atoms. The Balaban J connectivity index is 1.32. The Labute approximate surface area is 182 Å². The van der Waals surface area contributed by atoms with Crippen molar-refractivity contribution in [3.8, 4) is 17.1 Å². The first kappa shape index (κ1) is 20.8. The molecule has 4 rings (SSSR count). The number of ether oxygens (including phenoxy) is 1. The van der Waals surface area contributed by atoms with E-state index in [2.05, 4.69) is 46.3 Å². The van der Waals surface area contributed by atoms with E-state index in [9.17, 15) is 4.79 Å².